The lowest BCUT2D eigenvalue weighted by Crippen LogP contribution is -2.27. The smallest absolute Gasteiger partial charge is 0.231 e. The number of allylic oxidation sites excluding steroid dienone is 1. The molecule has 5 heteroatoms. The van der Waals surface area contributed by atoms with Crippen molar-refractivity contribution in [1.82, 2.24) is 4.90 Å². The second-order valence-electron chi connectivity index (χ2n) is 6.06. The van der Waals surface area contributed by atoms with E-state index in [1.165, 1.54) is 0 Å². The number of hydrogen-bond donors (Lipinski definition) is 1. The fourth-order valence-corrected chi connectivity index (χ4v) is 2.81. The van der Waals surface area contributed by atoms with E-state index in [9.17, 15) is 9.90 Å². The molecule has 2 aromatic rings. The van der Waals surface area contributed by atoms with Gasteiger partial charge in [-0.25, -0.2) is 0 Å². The SMILES string of the molecule is CCN(CC)CCOc1ccc2c(c1)O/C(=C\c1ccc(O)cc1)C2=O. The van der Waals surface area contributed by atoms with E-state index in [1.807, 2.05) is 0 Å². The Bertz CT molecular complexity index is 807. The van der Waals surface area contributed by atoms with Crippen molar-refractivity contribution in [2.45, 2.75) is 13.8 Å². The summed E-state index contributed by atoms with van der Waals surface area (Å²) in [5.41, 5.74) is 1.32. The van der Waals surface area contributed by atoms with Crippen molar-refractivity contribution in [3.05, 3.63) is 59.4 Å². The molecule has 1 aliphatic heterocycles. The van der Waals surface area contributed by atoms with Crippen molar-refractivity contribution in [1.29, 1.82) is 0 Å². The molecule has 3 rings (SSSR count). The molecule has 136 valence electrons. The molecule has 0 bridgehead atoms. The topological polar surface area (TPSA) is 59.0 Å². The van der Waals surface area contributed by atoms with Gasteiger partial charge in [0.05, 0.1) is 5.56 Å². The van der Waals surface area contributed by atoms with Crippen LogP contribution in [-0.4, -0.2) is 42.0 Å². The summed E-state index contributed by atoms with van der Waals surface area (Å²) in [5, 5.41) is 9.34. The van der Waals surface area contributed by atoms with Gasteiger partial charge in [-0.1, -0.05) is 26.0 Å². The van der Waals surface area contributed by atoms with Crippen molar-refractivity contribution in [2.75, 3.05) is 26.2 Å². The molecular formula is C21H23NO4. The number of Topliss-reactive ketones (excluding diaryl/α,β-unsaturated/α-hetero) is 1. The number of benzene rings is 2. The lowest BCUT2D eigenvalue weighted by atomic mass is 10.1. The summed E-state index contributed by atoms with van der Waals surface area (Å²) in [5.74, 6) is 1.50. The highest BCUT2D eigenvalue weighted by Crippen LogP contribution is 2.35. The van der Waals surface area contributed by atoms with Gasteiger partial charge in [0.1, 0.15) is 23.9 Å². The zero-order valence-electron chi connectivity index (χ0n) is 15.1. The first-order valence-electron chi connectivity index (χ1n) is 8.83. The minimum Gasteiger partial charge on any atom is -0.508 e. The first-order valence-corrected chi connectivity index (χ1v) is 8.83. The predicted octanol–water partition coefficient (Wildman–Crippen LogP) is 3.73. The van der Waals surface area contributed by atoms with E-state index in [1.54, 1.807) is 48.5 Å². The van der Waals surface area contributed by atoms with E-state index in [2.05, 4.69) is 18.7 Å². The van der Waals surface area contributed by atoms with Crippen LogP contribution in [0.1, 0.15) is 29.8 Å². The number of aromatic hydroxyl groups is 1. The fourth-order valence-electron chi connectivity index (χ4n) is 2.81. The van der Waals surface area contributed by atoms with Crippen LogP contribution >= 0.6 is 0 Å². The van der Waals surface area contributed by atoms with Gasteiger partial charge in [0.25, 0.3) is 0 Å². The van der Waals surface area contributed by atoms with Crippen LogP contribution in [0, 0.1) is 0 Å². The van der Waals surface area contributed by atoms with Gasteiger partial charge in [0, 0.05) is 12.6 Å². The zero-order valence-corrected chi connectivity index (χ0v) is 15.1. The minimum absolute atomic E-state index is 0.150. The van der Waals surface area contributed by atoms with Gasteiger partial charge in [0.15, 0.2) is 5.76 Å². The Balaban J connectivity index is 1.69. The highest BCUT2D eigenvalue weighted by Gasteiger charge is 2.27. The summed E-state index contributed by atoms with van der Waals surface area (Å²) in [7, 11) is 0. The van der Waals surface area contributed by atoms with Gasteiger partial charge < -0.3 is 19.5 Å². The number of phenols is 1. The molecular weight excluding hydrogens is 330 g/mol. The van der Waals surface area contributed by atoms with Gasteiger partial charge in [0.2, 0.25) is 5.78 Å². The quantitative estimate of drug-likeness (QED) is 0.769. The van der Waals surface area contributed by atoms with E-state index < -0.39 is 0 Å². The Hall–Kier alpha value is -2.79. The highest BCUT2D eigenvalue weighted by molar-refractivity contribution is 6.14. The van der Waals surface area contributed by atoms with Gasteiger partial charge in [-0.3, -0.25) is 4.79 Å². The van der Waals surface area contributed by atoms with Crippen LogP contribution in [0.25, 0.3) is 6.08 Å². The summed E-state index contributed by atoms with van der Waals surface area (Å²) in [4.78, 5) is 14.8. The Labute approximate surface area is 153 Å². The van der Waals surface area contributed by atoms with Crippen molar-refractivity contribution < 1.29 is 19.4 Å². The average molecular weight is 353 g/mol. The Morgan fingerprint density at radius 3 is 2.54 bits per heavy atom. The fraction of sp³-hybridized carbons (Fsp3) is 0.286. The number of ketones is 1. The van der Waals surface area contributed by atoms with Crippen LogP contribution in [0.4, 0.5) is 0 Å². The summed E-state index contributed by atoms with van der Waals surface area (Å²) >= 11 is 0. The number of fused-ring (bicyclic) bond motifs is 1. The minimum atomic E-state index is -0.150. The third kappa shape index (κ3) is 4.06. The van der Waals surface area contributed by atoms with E-state index in [4.69, 9.17) is 9.47 Å². The molecule has 26 heavy (non-hydrogen) atoms. The maximum absolute atomic E-state index is 12.5. The number of nitrogens with zero attached hydrogens (tertiary/aromatic N) is 1. The van der Waals surface area contributed by atoms with E-state index >= 15 is 0 Å². The molecule has 1 aliphatic rings. The summed E-state index contributed by atoms with van der Waals surface area (Å²) < 4.78 is 11.5. The van der Waals surface area contributed by atoms with Gasteiger partial charge >= 0.3 is 0 Å². The van der Waals surface area contributed by atoms with Crippen LogP contribution in [0.15, 0.2) is 48.2 Å². The normalized spacial score (nSPS) is 14.6. The van der Waals surface area contributed by atoms with Crippen molar-refractivity contribution in [2.24, 2.45) is 0 Å². The molecule has 1 N–H and O–H groups in total. The van der Waals surface area contributed by atoms with E-state index in [-0.39, 0.29) is 17.3 Å². The number of hydrogen-bond acceptors (Lipinski definition) is 5. The Morgan fingerprint density at radius 1 is 1.12 bits per heavy atom. The van der Waals surface area contributed by atoms with Crippen LogP contribution in [0.3, 0.4) is 0 Å². The molecule has 0 fully saturated rings. The predicted molar refractivity (Wildman–Crippen MR) is 101 cm³/mol. The first-order chi connectivity index (χ1) is 12.6. The van der Waals surface area contributed by atoms with Gasteiger partial charge in [-0.05, 0) is 49.0 Å². The number of rotatable bonds is 7. The number of carbonyl (C=O) groups is 1. The molecule has 0 saturated carbocycles. The number of phenolic OH excluding ortho intramolecular Hbond substituents is 1. The average Bonchev–Trinajstić information content (AvgIpc) is 2.96. The summed E-state index contributed by atoms with van der Waals surface area (Å²) in [6.07, 6.45) is 1.67. The standard InChI is InChI=1S/C21H23NO4/c1-3-22(4-2)11-12-25-17-9-10-18-19(14-17)26-20(21(18)24)13-15-5-7-16(23)8-6-15/h5-10,13-14,23H,3-4,11-12H2,1-2H3/b20-13-. The van der Waals surface area contributed by atoms with Gasteiger partial charge in [-0.15, -0.1) is 0 Å². The molecule has 0 saturated heterocycles. The Kier molecular flexibility index (Phi) is 5.58. The number of carbonyl (C=O) groups excluding carboxylic acids is 1. The third-order valence-electron chi connectivity index (χ3n) is 4.40. The van der Waals surface area contributed by atoms with Crippen LogP contribution in [0.2, 0.25) is 0 Å². The molecule has 0 radical (unpaired) electrons. The lowest BCUT2D eigenvalue weighted by Gasteiger charge is -2.18. The molecule has 0 atom stereocenters. The maximum atomic E-state index is 12.5. The number of likely N-dealkylation sites (N-methyl/N-ethyl adjacent to an activating group) is 1. The monoisotopic (exact) mass is 353 g/mol. The number of ether oxygens (including phenoxy) is 2. The molecule has 0 spiro atoms. The molecule has 0 amide bonds. The largest absolute Gasteiger partial charge is 0.508 e. The molecule has 0 aliphatic carbocycles. The highest BCUT2D eigenvalue weighted by atomic mass is 16.5. The molecule has 2 aromatic carbocycles. The zero-order chi connectivity index (χ0) is 18.5. The molecule has 0 unspecified atom stereocenters. The molecule has 5 nitrogen and oxygen atoms in total. The second-order valence-corrected chi connectivity index (χ2v) is 6.06. The van der Waals surface area contributed by atoms with Crippen LogP contribution in [0.5, 0.6) is 17.2 Å². The van der Waals surface area contributed by atoms with Crippen molar-refractivity contribution in [3.8, 4) is 17.2 Å². The summed E-state index contributed by atoms with van der Waals surface area (Å²) in [6, 6.07) is 11.9. The third-order valence-corrected chi connectivity index (χ3v) is 4.40. The maximum Gasteiger partial charge on any atom is 0.231 e. The first kappa shape index (κ1) is 18.0. The van der Waals surface area contributed by atoms with Crippen molar-refractivity contribution >= 4 is 11.9 Å². The Morgan fingerprint density at radius 2 is 1.85 bits per heavy atom. The van der Waals surface area contributed by atoms with Crippen molar-refractivity contribution in [3.63, 3.8) is 0 Å². The van der Waals surface area contributed by atoms with Gasteiger partial charge in [-0.2, -0.15) is 0 Å². The lowest BCUT2D eigenvalue weighted by molar-refractivity contribution is 0.101. The van der Waals surface area contributed by atoms with Crippen LogP contribution < -0.4 is 9.47 Å². The van der Waals surface area contributed by atoms with E-state index in [0.29, 0.717) is 23.7 Å². The second kappa shape index (κ2) is 8.06. The van der Waals surface area contributed by atoms with E-state index in [0.717, 1.165) is 25.2 Å². The summed E-state index contributed by atoms with van der Waals surface area (Å²) in [6.45, 7) is 7.68. The molecule has 1 heterocycles. The van der Waals surface area contributed by atoms with Crippen LogP contribution in [-0.2, 0) is 0 Å². The molecule has 0 aromatic heterocycles.